The van der Waals surface area contributed by atoms with E-state index in [1.165, 1.54) is 6.08 Å². The fourth-order valence-electron chi connectivity index (χ4n) is 3.37. The zero-order chi connectivity index (χ0) is 23.3. The van der Waals surface area contributed by atoms with E-state index in [-0.39, 0.29) is 58.0 Å². The molecule has 3 aromatic carbocycles. The van der Waals surface area contributed by atoms with E-state index in [0.29, 0.717) is 11.1 Å². The second-order valence-electron chi connectivity index (χ2n) is 6.76. The van der Waals surface area contributed by atoms with Crippen molar-refractivity contribution in [2.24, 2.45) is 5.10 Å². The van der Waals surface area contributed by atoms with Crippen molar-refractivity contribution in [2.45, 2.75) is 9.79 Å². The van der Waals surface area contributed by atoms with Crippen molar-refractivity contribution in [3.8, 4) is 5.75 Å². The maximum Gasteiger partial charge on any atom is 1.00 e. The minimum atomic E-state index is -4.89. The van der Waals surface area contributed by atoms with Crippen molar-refractivity contribution in [3.63, 3.8) is 0 Å². The number of anilines is 1. The van der Waals surface area contributed by atoms with Crippen LogP contribution in [0.2, 0.25) is 0 Å². The van der Waals surface area contributed by atoms with E-state index in [4.69, 9.17) is 0 Å². The average molecular weight is 549 g/mol. The summed E-state index contributed by atoms with van der Waals surface area (Å²) in [6.45, 7) is 0. The molecule has 0 spiro atoms. The van der Waals surface area contributed by atoms with Gasteiger partial charge in [0.2, 0.25) is 5.78 Å². The zero-order valence-electron chi connectivity index (χ0n) is 17.3. The first-order valence-electron chi connectivity index (χ1n) is 8.87. The van der Waals surface area contributed by atoms with Crippen LogP contribution in [-0.4, -0.2) is 42.5 Å². The number of carbonyl (C=O) groups excluding carboxylic acids is 1. The van der Waals surface area contributed by atoms with Crippen molar-refractivity contribution < 1.29 is 82.8 Å². The Morgan fingerprint density at radius 2 is 1.50 bits per heavy atom. The summed E-state index contributed by atoms with van der Waals surface area (Å²) in [5.41, 5.74) is 3.07. The molecule has 1 aliphatic carbocycles. The molecule has 4 N–H and O–H groups in total. The number of benzene rings is 3. The third-order valence-corrected chi connectivity index (χ3v) is 6.56. The van der Waals surface area contributed by atoms with Gasteiger partial charge in [-0.25, -0.2) is 0 Å². The Morgan fingerprint density at radius 1 is 0.853 bits per heavy atom. The number of aromatic hydroxyl groups is 1. The van der Waals surface area contributed by atoms with Gasteiger partial charge < -0.3 is 5.11 Å². The molecular formula is C20H14CrN2NaO8S2+. The number of carbonyl (C=O) groups is 1. The molecule has 0 aliphatic heterocycles. The molecule has 1 aliphatic rings. The first kappa shape index (κ1) is 28.2. The molecule has 0 saturated carbocycles. The number of phenols is 1. The number of nitrogens with zero attached hydrogens (tertiary/aromatic N) is 1. The van der Waals surface area contributed by atoms with Gasteiger partial charge in [0, 0.05) is 33.7 Å². The van der Waals surface area contributed by atoms with E-state index in [1.54, 1.807) is 30.3 Å². The topological polar surface area (TPSA) is 170 Å². The molecule has 14 heteroatoms. The average Bonchev–Trinajstić information content (AvgIpc) is 2.72. The van der Waals surface area contributed by atoms with E-state index in [9.17, 15) is 35.8 Å². The van der Waals surface area contributed by atoms with Crippen molar-refractivity contribution in [1.82, 2.24) is 0 Å². The summed E-state index contributed by atoms with van der Waals surface area (Å²) in [6, 6.07) is 10.9. The van der Waals surface area contributed by atoms with Crippen molar-refractivity contribution in [3.05, 3.63) is 65.7 Å². The molecule has 0 heterocycles. The van der Waals surface area contributed by atoms with Gasteiger partial charge in [0.25, 0.3) is 20.2 Å². The fraction of sp³-hybridized carbons (Fsp3) is 0. The van der Waals surface area contributed by atoms with Gasteiger partial charge in [-0.2, -0.15) is 21.9 Å². The van der Waals surface area contributed by atoms with Crippen LogP contribution in [0.5, 0.6) is 5.75 Å². The number of nitrogens with one attached hydrogen (secondary N) is 1. The maximum atomic E-state index is 12.3. The number of ketones is 1. The van der Waals surface area contributed by atoms with Crippen molar-refractivity contribution in [2.75, 3.05) is 5.43 Å². The molecule has 4 rings (SSSR count). The van der Waals surface area contributed by atoms with Gasteiger partial charge in [-0.05, 0) is 23.8 Å². The summed E-state index contributed by atoms with van der Waals surface area (Å²) < 4.78 is 66.6. The normalized spacial score (nSPS) is 14.3. The van der Waals surface area contributed by atoms with Gasteiger partial charge in [0.05, 0.1) is 5.69 Å². The summed E-state index contributed by atoms with van der Waals surface area (Å²) in [6.07, 6.45) is 2.88. The number of phenolic OH excluding ortho intramolecular Hbond substituents is 1. The molecule has 3 aromatic rings. The van der Waals surface area contributed by atoms with Crippen molar-refractivity contribution >= 4 is 54.3 Å². The summed E-state index contributed by atoms with van der Waals surface area (Å²) in [5.74, 6) is -1.23. The molecule has 170 valence electrons. The Morgan fingerprint density at radius 3 is 2.15 bits per heavy atom. The molecule has 0 amide bonds. The van der Waals surface area contributed by atoms with Gasteiger partial charge in [0.15, 0.2) is 0 Å². The molecule has 0 bridgehead atoms. The summed E-state index contributed by atoms with van der Waals surface area (Å²) in [4.78, 5) is 10.8. The maximum absolute atomic E-state index is 12.3. The first-order valence-corrected chi connectivity index (χ1v) is 11.8. The zero-order valence-corrected chi connectivity index (χ0v) is 22.2. The third-order valence-electron chi connectivity index (χ3n) is 4.77. The molecule has 0 saturated heterocycles. The number of hydrazone groups is 1. The second kappa shape index (κ2) is 10.3. The van der Waals surface area contributed by atoms with Crippen LogP contribution in [0.15, 0.2) is 69.5 Å². The Bertz CT molecular complexity index is 1590. The number of hydrogen-bond acceptors (Lipinski definition) is 8. The number of hydrogen-bond donors (Lipinski definition) is 4. The van der Waals surface area contributed by atoms with E-state index >= 15 is 0 Å². The smallest absolute Gasteiger partial charge is 0.505 e. The second-order valence-corrected chi connectivity index (χ2v) is 9.54. The van der Waals surface area contributed by atoms with Crippen LogP contribution in [0.25, 0.3) is 16.8 Å². The van der Waals surface area contributed by atoms with Crippen LogP contribution >= 0.6 is 0 Å². The first-order chi connectivity index (χ1) is 15.0. The predicted octanol–water partition coefficient (Wildman–Crippen LogP) is -0.548. The van der Waals surface area contributed by atoms with Crippen LogP contribution in [0.3, 0.4) is 0 Å². The van der Waals surface area contributed by atoms with Crippen LogP contribution in [0.4, 0.5) is 5.69 Å². The Labute approximate surface area is 227 Å². The molecular weight excluding hydrogens is 535 g/mol. The van der Waals surface area contributed by atoms with Gasteiger partial charge >= 0.3 is 29.6 Å². The van der Waals surface area contributed by atoms with Gasteiger partial charge in [-0.1, -0.05) is 42.5 Å². The van der Waals surface area contributed by atoms with Crippen molar-refractivity contribution in [1.29, 1.82) is 0 Å². The molecule has 10 nitrogen and oxygen atoms in total. The van der Waals surface area contributed by atoms with E-state index in [2.05, 4.69) is 10.5 Å². The number of fused-ring (bicyclic) bond motifs is 2. The Balaban J connectivity index is 0.00000204. The van der Waals surface area contributed by atoms with Crippen LogP contribution < -0.4 is 35.0 Å². The van der Waals surface area contributed by atoms with Gasteiger partial charge in [-0.3, -0.25) is 19.3 Å². The quantitative estimate of drug-likeness (QED) is 0.144. The van der Waals surface area contributed by atoms with Crippen LogP contribution in [0.1, 0.15) is 11.1 Å². The SMILES string of the molecule is O=C1C=Cc2ccccc2/C1=N\Nc1cc(S(=O)(=O)O)c2cccc(S(=O)(=O)O)c2c1O.[Cr].[Na+]. The minimum absolute atomic E-state index is 0. The minimum Gasteiger partial charge on any atom is -0.505 e. The molecule has 0 fully saturated rings. The molecule has 34 heavy (non-hydrogen) atoms. The monoisotopic (exact) mass is 549 g/mol. The fourth-order valence-corrected chi connectivity index (χ4v) is 4.80. The Hall–Kier alpha value is -2.05. The molecule has 0 atom stereocenters. The van der Waals surface area contributed by atoms with Gasteiger partial charge in [0.1, 0.15) is 21.3 Å². The van der Waals surface area contributed by atoms with Gasteiger partial charge in [-0.15, -0.1) is 0 Å². The summed E-state index contributed by atoms with van der Waals surface area (Å²) in [7, 11) is -9.77. The molecule has 0 radical (unpaired) electrons. The Kier molecular flexibility index (Phi) is 8.53. The number of allylic oxidation sites excluding steroid dienone is 1. The van der Waals surface area contributed by atoms with Crippen LogP contribution in [-0.2, 0) is 42.4 Å². The summed E-state index contributed by atoms with van der Waals surface area (Å²) in [5, 5.41) is 13.8. The molecule has 0 aromatic heterocycles. The number of rotatable bonds is 4. The summed E-state index contributed by atoms with van der Waals surface area (Å²) >= 11 is 0. The largest absolute Gasteiger partial charge is 1.00 e. The van der Waals surface area contributed by atoms with E-state index in [0.717, 1.165) is 24.3 Å². The molecule has 0 unspecified atom stereocenters. The van der Waals surface area contributed by atoms with E-state index < -0.39 is 52.6 Å². The van der Waals surface area contributed by atoms with E-state index in [1.807, 2.05) is 0 Å². The third kappa shape index (κ3) is 5.28. The standard InChI is InChI=1S/C20H14N2O8S2.Cr.Na/c23-15-9-8-11-4-1-2-5-12(11)19(15)22-21-14-10-17(32(28,29)30)13-6-3-7-16(31(25,26)27)18(13)20(14)24;;/h1-10,21,24H,(H,25,26,27)(H,28,29,30);;/q;;+1/b22-19+;;. The van der Waals surface area contributed by atoms with Crippen LogP contribution in [0, 0.1) is 0 Å². The predicted molar refractivity (Wildman–Crippen MR) is 116 cm³/mol.